The molecular weight excluding hydrogens is 282 g/mol. The van der Waals surface area contributed by atoms with E-state index in [4.69, 9.17) is 0 Å². The fraction of sp³-hybridized carbons (Fsp3) is 0.250. The van der Waals surface area contributed by atoms with Crippen LogP contribution in [0.3, 0.4) is 0 Å². The molecule has 2 aromatic rings. The number of hydrogen-bond donors (Lipinski definition) is 1. The molecule has 1 heterocycles. The van der Waals surface area contributed by atoms with E-state index in [2.05, 4.69) is 10.3 Å². The van der Waals surface area contributed by atoms with Crippen LogP contribution in [0.5, 0.6) is 0 Å². The van der Waals surface area contributed by atoms with Gasteiger partial charge in [-0.25, -0.2) is 13.4 Å². The number of nitrogens with zero attached hydrogens (tertiary/aromatic N) is 2. The van der Waals surface area contributed by atoms with Crippen molar-refractivity contribution in [3.63, 3.8) is 0 Å². The standard InChI is InChI=1S/C12H15N3O2S2/c1-13-10-3-5-12(6-4-10)19(16,17)15(2)7-11-8-18-9-14-11/h3-6,8-9,13H,7H2,1-2H3. The van der Waals surface area contributed by atoms with Gasteiger partial charge in [0.15, 0.2) is 0 Å². The molecule has 1 aromatic carbocycles. The molecule has 102 valence electrons. The van der Waals surface area contributed by atoms with E-state index in [0.29, 0.717) is 0 Å². The summed E-state index contributed by atoms with van der Waals surface area (Å²) < 4.78 is 26.0. The Morgan fingerprint density at radius 2 is 2.00 bits per heavy atom. The second-order valence-electron chi connectivity index (χ2n) is 4.02. The molecule has 7 heteroatoms. The molecule has 0 bridgehead atoms. The van der Waals surface area contributed by atoms with E-state index < -0.39 is 10.0 Å². The van der Waals surface area contributed by atoms with E-state index in [-0.39, 0.29) is 11.4 Å². The minimum atomic E-state index is -3.47. The number of rotatable bonds is 5. The number of nitrogens with one attached hydrogen (secondary N) is 1. The van der Waals surface area contributed by atoms with Gasteiger partial charge in [0.1, 0.15) is 0 Å². The molecule has 0 saturated carbocycles. The summed E-state index contributed by atoms with van der Waals surface area (Å²) in [7, 11) is -0.124. The fourth-order valence-corrected chi connectivity index (χ4v) is 3.29. The quantitative estimate of drug-likeness (QED) is 0.917. The molecule has 0 aliphatic carbocycles. The number of aromatic nitrogens is 1. The Hall–Kier alpha value is -1.44. The van der Waals surface area contributed by atoms with Crippen LogP contribution in [0.25, 0.3) is 0 Å². The molecule has 0 saturated heterocycles. The third-order valence-electron chi connectivity index (χ3n) is 2.72. The van der Waals surface area contributed by atoms with Gasteiger partial charge < -0.3 is 5.32 Å². The maximum Gasteiger partial charge on any atom is 0.243 e. The smallest absolute Gasteiger partial charge is 0.243 e. The number of sulfonamides is 1. The van der Waals surface area contributed by atoms with Gasteiger partial charge >= 0.3 is 0 Å². The van der Waals surface area contributed by atoms with E-state index in [1.807, 2.05) is 5.38 Å². The monoisotopic (exact) mass is 297 g/mol. The van der Waals surface area contributed by atoms with Crippen molar-refractivity contribution in [2.24, 2.45) is 0 Å². The summed E-state index contributed by atoms with van der Waals surface area (Å²) in [6.45, 7) is 0.277. The van der Waals surface area contributed by atoms with Crippen LogP contribution < -0.4 is 5.32 Å². The molecule has 1 N–H and O–H groups in total. The largest absolute Gasteiger partial charge is 0.388 e. The normalized spacial score (nSPS) is 11.7. The van der Waals surface area contributed by atoms with E-state index in [0.717, 1.165) is 11.4 Å². The number of thiazole rings is 1. The molecular formula is C12H15N3O2S2. The minimum Gasteiger partial charge on any atom is -0.388 e. The maximum absolute atomic E-state index is 12.3. The molecule has 5 nitrogen and oxygen atoms in total. The summed E-state index contributed by atoms with van der Waals surface area (Å²) in [6.07, 6.45) is 0. The van der Waals surface area contributed by atoms with E-state index in [1.54, 1.807) is 43.9 Å². The zero-order chi connectivity index (χ0) is 13.9. The van der Waals surface area contributed by atoms with Crippen molar-refractivity contribution in [2.75, 3.05) is 19.4 Å². The molecule has 0 atom stereocenters. The van der Waals surface area contributed by atoms with Crippen LogP contribution in [0.4, 0.5) is 5.69 Å². The second-order valence-corrected chi connectivity index (χ2v) is 6.78. The molecule has 0 unspecified atom stereocenters. The highest BCUT2D eigenvalue weighted by Crippen LogP contribution is 2.18. The molecule has 0 radical (unpaired) electrons. The maximum atomic E-state index is 12.3. The third kappa shape index (κ3) is 3.12. The highest BCUT2D eigenvalue weighted by molar-refractivity contribution is 7.89. The first kappa shape index (κ1) is 14.0. The van der Waals surface area contributed by atoms with Crippen molar-refractivity contribution in [3.8, 4) is 0 Å². The summed E-state index contributed by atoms with van der Waals surface area (Å²) in [6, 6.07) is 6.67. The Labute approximate surface area is 117 Å². The predicted octanol–water partition coefficient (Wildman–Crippen LogP) is 2.01. The van der Waals surface area contributed by atoms with Crippen LogP contribution in [-0.4, -0.2) is 31.8 Å². The molecule has 0 fully saturated rings. The zero-order valence-corrected chi connectivity index (χ0v) is 12.3. The van der Waals surface area contributed by atoms with Gasteiger partial charge in [-0.3, -0.25) is 0 Å². The zero-order valence-electron chi connectivity index (χ0n) is 10.7. The average Bonchev–Trinajstić information content (AvgIpc) is 2.91. The lowest BCUT2D eigenvalue weighted by atomic mass is 10.3. The first-order valence-corrected chi connectivity index (χ1v) is 8.03. The van der Waals surface area contributed by atoms with Gasteiger partial charge in [0, 0.05) is 25.2 Å². The average molecular weight is 297 g/mol. The van der Waals surface area contributed by atoms with Gasteiger partial charge in [-0.2, -0.15) is 4.31 Å². The summed E-state index contributed by atoms with van der Waals surface area (Å²) >= 11 is 1.45. The van der Waals surface area contributed by atoms with Gasteiger partial charge in [-0.1, -0.05) is 0 Å². The van der Waals surface area contributed by atoms with Gasteiger partial charge in [-0.15, -0.1) is 11.3 Å². The fourth-order valence-electron chi connectivity index (χ4n) is 1.60. The Morgan fingerprint density at radius 3 is 2.53 bits per heavy atom. The van der Waals surface area contributed by atoms with Gasteiger partial charge in [-0.05, 0) is 24.3 Å². The number of hydrogen-bond acceptors (Lipinski definition) is 5. The lowest BCUT2D eigenvalue weighted by Gasteiger charge is -2.16. The van der Waals surface area contributed by atoms with Crippen LogP contribution >= 0.6 is 11.3 Å². The second kappa shape index (κ2) is 5.68. The third-order valence-corrected chi connectivity index (χ3v) is 5.17. The number of anilines is 1. The van der Waals surface area contributed by atoms with Gasteiger partial charge in [0.2, 0.25) is 10.0 Å². The van der Waals surface area contributed by atoms with Crippen molar-refractivity contribution >= 4 is 27.0 Å². The summed E-state index contributed by atoms with van der Waals surface area (Å²) in [5, 5.41) is 4.80. The van der Waals surface area contributed by atoms with Gasteiger partial charge in [0.05, 0.1) is 22.6 Å². The van der Waals surface area contributed by atoms with Crippen molar-refractivity contribution < 1.29 is 8.42 Å². The Morgan fingerprint density at radius 1 is 1.32 bits per heavy atom. The van der Waals surface area contributed by atoms with Crippen LogP contribution in [0.1, 0.15) is 5.69 Å². The molecule has 0 aliphatic rings. The Kier molecular flexibility index (Phi) is 4.18. The first-order chi connectivity index (χ1) is 9.04. The van der Waals surface area contributed by atoms with Gasteiger partial charge in [0.25, 0.3) is 0 Å². The molecule has 1 aromatic heterocycles. The van der Waals surface area contributed by atoms with Crippen LogP contribution in [-0.2, 0) is 16.6 Å². The summed E-state index contributed by atoms with van der Waals surface area (Å²) in [5.74, 6) is 0. The van der Waals surface area contributed by atoms with Crippen LogP contribution in [0, 0.1) is 0 Å². The van der Waals surface area contributed by atoms with Crippen LogP contribution in [0.2, 0.25) is 0 Å². The molecule has 0 amide bonds. The lowest BCUT2D eigenvalue weighted by Crippen LogP contribution is -2.26. The number of benzene rings is 1. The molecule has 2 rings (SSSR count). The molecule has 0 aliphatic heterocycles. The van der Waals surface area contributed by atoms with Crippen molar-refractivity contribution in [1.82, 2.24) is 9.29 Å². The highest BCUT2D eigenvalue weighted by Gasteiger charge is 2.21. The van der Waals surface area contributed by atoms with Crippen LogP contribution in [0.15, 0.2) is 40.1 Å². The van der Waals surface area contributed by atoms with Crippen molar-refractivity contribution in [1.29, 1.82) is 0 Å². The summed E-state index contributed by atoms with van der Waals surface area (Å²) in [4.78, 5) is 4.37. The van der Waals surface area contributed by atoms with E-state index in [9.17, 15) is 8.42 Å². The Balaban J connectivity index is 2.20. The SMILES string of the molecule is CNc1ccc(S(=O)(=O)N(C)Cc2cscn2)cc1. The Bertz CT molecular complexity index is 622. The predicted molar refractivity (Wildman–Crippen MR) is 76.8 cm³/mol. The summed E-state index contributed by atoms with van der Waals surface area (Å²) in [5.41, 5.74) is 3.32. The topological polar surface area (TPSA) is 62.3 Å². The van der Waals surface area contributed by atoms with Crippen molar-refractivity contribution in [2.45, 2.75) is 11.4 Å². The minimum absolute atomic E-state index is 0.277. The molecule has 19 heavy (non-hydrogen) atoms. The highest BCUT2D eigenvalue weighted by atomic mass is 32.2. The first-order valence-electron chi connectivity index (χ1n) is 5.65. The molecule has 0 spiro atoms. The van der Waals surface area contributed by atoms with E-state index in [1.165, 1.54) is 15.6 Å². The van der Waals surface area contributed by atoms with E-state index >= 15 is 0 Å². The lowest BCUT2D eigenvalue weighted by molar-refractivity contribution is 0.463. The van der Waals surface area contributed by atoms with Crippen molar-refractivity contribution in [3.05, 3.63) is 40.8 Å².